The third-order valence-electron chi connectivity index (χ3n) is 4.91. The van der Waals surface area contributed by atoms with Gasteiger partial charge >= 0.3 is 5.65 Å². The average molecular weight is 395 g/mol. The standard InChI is InChI=1S/C24H18N4S/c1-17-11-13-20(14-12-17)28-24(23(29)25-19-8-3-2-4-9-19)27-16-15-18-7-5-6-10-21(18)22(27)26-28/h2-16H,1H3. The lowest BCUT2D eigenvalue weighted by Crippen LogP contribution is -2.29. The number of hydrogen-bond acceptors (Lipinski definition) is 3. The van der Waals surface area contributed by atoms with E-state index in [4.69, 9.17) is 17.7 Å². The molecule has 0 spiro atoms. The number of para-hydroxylation sites is 1. The molecule has 0 unspecified atom stereocenters. The second-order valence-electron chi connectivity index (χ2n) is 6.92. The normalized spacial score (nSPS) is 12.0. The van der Waals surface area contributed by atoms with Crippen molar-refractivity contribution in [3.8, 4) is 5.69 Å². The molecule has 5 aromatic rings. The van der Waals surface area contributed by atoms with Crippen LogP contribution in [0, 0.1) is 6.92 Å². The predicted molar refractivity (Wildman–Crippen MR) is 119 cm³/mol. The summed E-state index contributed by atoms with van der Waals surface area (Å²) < 4.78 is 3.91. The van der Waals surface area contributed by atoms with Crippen molar-refractivity contribution in [2.75, 3.05) is 0 Å². The van der Waals surface area contributed by atoms with Gasteiger partial charge in [0, 0.05) is 0 Å². The Morgan fingerprint density at radius 1 is 0.897 bits per heavy atom. The third-order valence-corrected chi connectivity index (χ3v) is 5.19. The van der Waals surface area contributed by atoms with E-state index in [2.05, 4.69) is 54.4 Å². The number of hydrogen-bond donors (Lipinski definition) is 0. The fourth-order valence-corrected chi connectivity index (χ4v) is 3.74. The van der Waals surface area contributed by atoms with Crippen LogP contribution >= 0.6 is 0 Å². The van der Waals surface area contributed by atoms with E-state index in [-0.39, 0.29) is 0 Å². The summed E-state index contributed by atoms with van der Waals surface area (Å²) in [5, 5.41) is 7.63. The highest BCUT2D eigenvalue weighted by Crippen LogP contribution is 2.20. The van der Waals surface area contributed by atoms with E-state index in [0.717, 1.165) is 33.6 Å². The van der Waals surface area contributed by atoms with Gasteiger partial charge in [0.25, 0.3) is 5.82 Å². The van der Waals surface area contributed by atoms with Gasteiger partial charge in [-0.3, -0.25) is 4.99 Å². The second kappa shape index (κ2) is 7.11. The maximum atomic E-state index is 5.77. The zero-order valence-electron chi connectivity index (χ0n) is 15.9. The number of pyridine rings is 1. The lowest BCUT2D eigenvalue weighted by atomic mass is 10.2. The molecule has 0 bridgehead atoms. The van der Waals surface area contributed by atoms with Gasteiger partial charge in [0.05, 0.1) is 22.4 Å². The molecule has 2 heterocycles. The number of aromatic nitrogens is 3. The summed E-state index contributed by atoms with van der Waals surface area (Å²) >= 11 is 5.77. The summed E-state index contributed by atoms with van der Waals surface area (Å²) in [5.74, 6) is 0.758. The molecule has 0 aliphatic heterocycles. The Morgan fingerprint density at radius 3 is 2.41 bits per heavy atom. The lowest BCUT2D eigenvalue weighted by Gasteiger charge is -2.09. The largest absolute Gasteiger partial charge is 0.754 e. The summed E-state index contributed by atoms with van der Waals surface area (Å²) in [7, 11) is 0. The minimum absolute atomic E-state index is 0.486. The van der Waals surface area contributed by atoms with Crippen LogP contribution in [0.3, 0.4) is 0 Å². The fraction of sp³-hybridized carbons (Fsp3) is 0.0417. The number of aliphatic imine (C=N–C) groups is 1. The van der Waals surface area contributed by atoms with Gasteiger partial charge in [-0.2, -0.15) is 4.40 Å². The van der Waals surface area contributed by atoms with E-state index in [0.29, 0.717) is 5.04 Å². The van der Waals surface area contributed by atoms with Crippen LogP contribution in [0.5, 0.6) is 0 Å². The molecule has 140 valence electrons. The van der Waals surface area contributed by atoms with Crippen molar-refractivity contribution in [1.29, 1.82) is 0 Å². The van der Waals surface area contributed by atoms with Gasteiger partial charge in [-0.1, -0.05) is 58.8 Å². The quantitative estimate of drug-likeness (QED) is 0.192. The molecule has 0 atom stereocenters. The molecule has 4 nitrogen and oxygen atoms in total. The molecule has 2 aromatic heterocycles. The fourth-order valence-electron chi connectivity index (χ4n) is 3.45. The smallest absolute Gasteiger partial charge is 0.314 e. The molecular formula is C24H18N4S. The maximum Gasteiger partial charge on any atom is 0.314 e. The Hall–Kier alpha value is -3.57. The summed E-state index contributed by atoms with van der Waals surface area (Å²) in [6, 6.07) is 28.3. The molecule has 0 fully saturated rings. The van der Waals surface area contributed by atoms with E-state index in [1.807, 2.05) is 57.7 Å². The van der Waals surface area contributed by atoms with Crippen LogP contribution in [0.4, 0.5) is 5.69 Å². The summed E-state index contributed by atoms with van der Waals surface area (Å²) in [5.41, 5.74) is 3.82. The Bertz CT molecular complexity index is 1350. The van der Waals surface area contributed by atoms with Crippen LogP contribution in [-0.2, 0) is 12.6 Å². The van der Waals surface area contributed by atoms with Crippen LogP contribution in [0.1, 0.15) is 11.4 Å². The van der Waals surface area contributed by atoms with Crippen LogP contribution < -0.4 is 4.40 Å². The van der Waals surface area contributed by atoms with Crippen LogP contribution in [-0.4, -0.2) is 14.8 Å². The first-order valence-electron chi connectivity index (χ1n) is 9.41. The second-order valence-corrected chi connectivity index (χ2v) is 7.31. The molecular weight excluding hydrogens is 376 g/mol. The minimum atomic E-state index is 0.486. The average Bonchev–Trinajstić information content (AvgIpc) is 3.15. The zero-order chi connectivity index (χ0) is 19.8. The summed E-state index contributed by atoms with van der Waals surface area (Å²) in [6.45, 7) is 2.07. The van der Waals surface area contributed by atoms with Crippen molar-refractivity contribution in [3.05, 3.63) is 103 Å². The molecule has 0 saturated heterocycles. The monoisotopic (exact) mass is 394 g/mol. The number of fused-ring (bicyclic) bond motifs is 3. The SMILES string of the molecule is Cc1ccc(-n2nc3c4ccccc4cc[n+]3c2C([S-])=Nc2ccccc2)cc1. The summed E-state index contributed by atoms with van der Waals surface area (Å²) in [4.78, 5) is 4.69. The molecule has 3 aromatic carbocycles. The van der Waals surface area contributed by atoms with Gasteiger partial charge in [0.2, 0.25) is 0 Å². The molecule has 5 heteroatoms. The van der Waals surface area contributed by atoms with Crippen molar-refractivity contribution in [1.82, 2.24) is 9.78 Å². The first-order chi connectivity index (χ1) is 14.2. The van der Waals surface area contributed by atoms with Crippen LogP contribution in [0.25, 0.3) is 22.1 Å². The summed E-state index contributed by atoms with van der Waals surface area (Å²) in [6.07, 6.45) is 2.01. The van der Waals surface area contributed by atoms with Crippen molar-refractivity contribution in [2.45, 2.75) is 6.92 Å². The molecule has 0 radical (unpaired) electrons. The van der Waals surface area contributed by atoms with Gasteiger partial charge in [-0.15, -0.1) is 0 Å². The van der Waals surface area contributed by atoms with E-state index in [1.54, 1.807) is 0 Å². The Kier molecular flexibility index (Phi) is 4.30. The molecule has 0 amide bonds. The predicted octanol–water partition coefficient (Wildman–Crippen LogP) is 4.70. The number of aryl methyl sites for hydroxylation is 1. The van der Waals surface area contributed by atoms with Crippen molar-refractivity contribution in [2.24, 2.45) is 4.99 Å². The van der Waals surface area contributed by atoms with Crippen LogP contribution in [0.15, 0.2) is 96.1 Å². The van der Waals surface area contributed by atoms with E-state index < -0.39 is 0 Å². The number of rotatable bonds is 3. The number of benzene rings is 3. The van der Waals surface area contributed by atoms with Crippen LogP contribution in [0.2, 0.25) is 0 Å². The van der Waals surface area contributed by atoms with Gasteiger partial charge in [-0.25, -0.2) is 0 Å². The first kappa shape index (κ1) is 17.5. The van der Waals surface area contributed by atoms with Gasteiger partial charge in [0.15, 0.2) is 0 Å². The van der Waals surface area contributed by atoms with Crippen molar-refractivity contribution in [3.63, 3.8) is 0 Å². The Balaban J connectivity index is 1.82. The highest BCUT2D eigenvalue weighted by Gasteiger charge is 2.23. The molecule has 5 rings (SSSR count). The highest BCUT2D eigenvalue weighted by atomic mass is 32.1. The van der Waals surface area contributed by atoms with Gasteiger partial charge in [-0.05, 0) is 53.8 Å². The minimum Gasteiger partial charge on any atom is -0.754 e. The zero-order valence-corrected chi connectivity index (χ0v) is 16.7. The lowest BCUT2D eigenvalue weighted by molar-refractivity contribution is -0.513. The maximum absolute atomic E-state index is 5.77. The van der Waals surface area contributed by atoms with E-state index in [9.17, 15) is 0 Å². The third kappa shape index (κ3) is 3.15. The Labute approximate surface area is 174 Å². The molecule has 0 N–H and O–H groups in total. The molecule has 29 heavy (non-hydrogen) atoms. The van der Waals surface area contributed by atoms with E-state index in [1.165, 1.54) is 5.56 Å². The molecule has 0 aliphatic rings. The highest BCUT2D eigenvalue weighted by molar-refractivity contribution is 7.78. The Morgan fingerprint density at radius 2 is 1.62 bits per heavy atom. The molecule has 0 saturated carbocycles. The van der Waals surface area contributed by atoms with Gasteiger partial charge in [0.1, 0.15) is 5.69 Å². The van der Waals surface area contributed by atoms with E-state index >= 15 is 0 Å². The first-order valence-corrected chi connectivity index (χ1v) is 9.82. The van der Waals surface area contributed by atoms with Gasteiger partial charge < -0.3 is 12.6 Å². The molecule has 0 aliphatic carbocycles. The topological polar surface area (TPSA) is 34.3 Å². The van der Waals surface area contributed by atoms with Crippen molar-refractivity contribution < 1.29 is 4.40 Å². The van der Waals surface area contributed by atoms with Crippen molar-refractivity contribution >= 4 is 39.8 Å². The number of nitrogens with zero attached hydrogens (tertiary/aromatic N) is 4.